The van der Waals surface area contributed by atoms with Crippen molar-refractivity contribution >= 4 is 57.5 Å². The van der Waals surface area contributed by atoms with Crippen LogP contribution in [-0.2, 0) is 47.0 Å². The Morgan fingerprint density at radius 3 is 2.39 bits per heavy atom. The number of benzene rings is 2. The van der Waals surface area contributed by atoms with Gasteiger partial charge in [-0.15, -0.1) is 0 Å². The Morgan fingerprint density at radius 2 is 1.72 bits per heavy atom. The van der Waals surface area contributed by atoms with Gasteiger partial charge in [0, 0.05) is 25.4 Å². The number of sulfonamides is 1. The molecule has 0 aromatic heterocycles. The molecule has 0 radical (unpaired) electrons. The second-order valence-corrected chi connectivity index (χ2v) is 17.9. The van der Waals surface area contributed by atoms with Crippen LogP contribution in [0.1, 0.15) is 87.2 Å². The van der Waals surface area contributed by atoms with Crippen LogP contribution >= 0.6 is 11.6 Å². The first-order valence-electron chi connectivity index (χ1n) is 18.8. The Hall–Kier alpha value is -5.16. The molecule has 18 heteroatoms. The molecule has 306 valence electrons. The van der Waals surface area contributed by atoms with E-state index in [1.165, 1.54) is 9.80 Å². The van der Waals surface area contributed by atoms with Crippen LogP contribution in [0.4, 0.5) is 9.59 Å². The van der Waals surface area contributed by atoms with E-state index in [0.717, 1.165) is 29.3 Å². The Morgan fingerprint density at radius 1 is 1.02 bits per heavy atom. The highest BCUT2D eigenvalue weighted by molar-refractivity contribution is 7.90. The van der Waals surface area contributed by atoms with Gasteiger partial charge in [-0.25, -0.2) is 27.5 Å². The number of rotatable bonds is 6. The van der Waals surface area contributed by atoms with Crippen molar-refractivity contribution in [3.63, 3.8) is 0 Å². The molecule has 1 aliphatic carbocycles. The van der Waals surface area contributed by atoms with Crippen LogP contribution in [0.3, 0.4) is 0 Å². The molecule has 1 saturated carbocycles. The minimum Gasteiger partial charge on any atom is -0.478 e. The lowest BCUT2D eigenvalue weighted by Crippen LogP contribution is -2.58. The summed E-state index contributed by atoms with van der Waals surface area (Å²) in [6.07, 6.45) is 3.71. The highest BCUT2D eigenvalue weighted by Crippen LogP contribution is 2.46. The quantitative estimate of drug-likeness (QED) is 0.302. The maximum absolute atomic E-state index is 14.4. The minimum atomic E-state index is -4.75. The van der Waals surface area contributed by atoms with Gasteiger partial charge in [-0.1, -0.05) is 60.9 Å². The van der Waals surface area contributed by atoms with Crippen molar-refractivity contribution in [2.45, 2.75) is 113 Å². The Kier molecular flexibility index (Phi) is 11.9. The lowest BCUT2D eigenvalue weighted by atomic mass is 10.0. The van der Waals surface area contributed by atoms with E-state index < -0.39 is 86.0 Å². The molecule has 16 nitrogen and oxygen atoms in total. The standard InChI is InChI=1S/C39H46ClN5O11S/c1-38(2,3)56-36(51)41-29-14-8-6-4-5-7-13-26-19-39(26,35(50)43-57(53,54)31-17-23(34(48)49)15-16-28(31)40)42-32(46)30-18-27(22-45(30)33(29)47)55-37(52)44-20-24-11-9-10-12-25(24)21-44/h7,9-13,15-17,26-27,29-30H,4-6,8,14,18-22H2,1-3H3,(H,41,51)(H,42,46)(H,43,50)(H,48,49)/t26-,27+,29-,30-,39+/m0/s1. The van der Waals surface area contributed by atoms with Crippen LogP contribution < -0.4 is 15.4 Å². The molecule has 2 aromatic rings. The van der Waals surface area contributed by atoms with Gasteiger partial charge in [0.05, 0.1) is 17.1 Å². The molecule has 4 aliphatic rings. The van der Waals surface area contributed by atoms with E-state index in [2.05, 4.69) is 10.6 Å². The summed E-state index contributed by atoms with van der Waals surface area (Å²) in [5, 5.41) is 14.5. The third kappa shape index (κ3) is 9.52. The molecular formula is C39H46ClN5O11S. The smallest absolute Gasteiger partial charge is 0.410 e. The molecule has 0 bridgehead atoms. The molecule has 1 saturated heterocycles. The zero-order chi connectivity index (χ0) is 41.3. The van der Waals surface area contributed by atoms with Crippen LogP contribution in [0.25, 0.3) is 0 Å². The number of allylic oxidation sites excluding steroid dienone is 1. The normalized spacial score (nSPS) is 25.1. The van der Waals surface area contributed by atoms with Crippen molar-refractivity contribution < 1.29 is 51.8 Å². The number of carbonyl (C=O) groups excluding carboxylic acids is 5. The Labute approximate surface area is 335 Å². The molecule has 0 spiro atoms. The average molecular weight is 828 g/mol. The van der Waals surface area contributed by atoms with Gasteiger partial charge in [-0.2, -0.15) is 0 Å². The van der Waals surface area contributed by atoms with Gasteiger partial charge >= 0.3 is 18.2 Å². The Balaban J connectivity index is 1.28. The van der Waals surface area contributed by atoms with Gasteiger partial charge in [0.1, 0.15) is 34.2 Å². The number of fused-ring (bicyclic) bond motifs is 3. The predicted molar refractivity (Wildman–Crippen MR) is 204 cm³/mol. The summed E-state index contributed by atoms with van der Waals surface area (Å²) in [5.74, 6) is -4.58. The molecule has 2 fully saturated rings. The van der Waals surface area contributed by atoms with Crippen LogP contribution in [0, 0.1) is 5.92 Å². The number of aromatic carboxylic acids is 1. The maximum Gasteiger partial charge on any atom is 0.410 e. The van der Waals surface area contributed by atoms with Gasteiger partial charge in [0.15, 0.2) is 0 Å². The van der Waals surface area contributed by atoms with Crippen molar-refractivity contribution in [2.24, 2.45) is 5.92 Å². The summed E-state index contributed by atoms with van der Waals surface area (Å²) in [5.41, 5.74) is -1.09. The van der Waals surface area contributed by atoms with Gasteiger partial charge < -0.3 is 30.1 Å². The molecule has 3 heterocycles. The fourth-order valence-electron chi connectivity index (χ4n) is 7.40. The summed E-state index contributed by atoms with van der Waals surface area (Å²) >= 11 is 6.14. The second kappa shape index (κ2) is 16.4. The van der Waals surface area contributed by atoms with Gasteiger partial charge in [-0.3, -0.25) is 19.3 Å². The van der Waals surface area contributed by atoms with Crippen molar-refractivity contribution in [1.82, 2.24) is 25.2 Å². The lowest BCUT2D eigenvalue weighted by molar-refractivity contribution is -0.141. The number of nitrogens with zero attached hydrogens (tertiary/aromatic N) is 2. The minimum absolute atomic E-state index is 0.0108. The number of ether oxygens (including phenoxy) is 2. The van der Waals surface area contributed by atoms with Crippen molar-refractivity contribution in [1.29, 1.82) is 0 Å². The molecule has 2 aromatic carbocycles. The first kappa shape index (κ1) is 41.5. The van der Waals surface area contributed by atoms with Crippen molar-refractivity contribution in [3.05, 3.63) is 76.3 Å². The first-order chi connectivity index (χ1) is 26.9. The monoisotopic (exact) mass is 827 g/mol. The van der Waals surface area contributed by atoms with Crippen LogP contribution in [-0.4, -0.2) is 95.1 Å². The summed E-state index contributed by atoms with van der Waals surface area (Å²) < 4.78 is 40.3. The van der Waals surface area contributed by atoms with Crippen LogP contribution in [0.15, 0.2) is 59.5 Å². The molecule has 5 atom stereocenters. The largest absolute Gasteiger partial charge is 0.478 e. The van der Waals surface area contributed by atoms with E-state index in [4.69, 9.17) is 21.1 Å². The SMILES string of the molecule is CC(C)(C)OC(=O)N[C@H]1CCCCCC=C[C@H]2C[C@@]2(C(=O)NS(=O)(=O)c2cc(C(=O)O)ccc2Cl)NC(=O)[C@@H]2C[C@@H](OC(=O)N3Cc4ccccc4C3)CN2C1=O. The lowest BCUT2D eigenvalue weighted by Gasteiger charge is -2.30. The molecule has 0 unspecified atom stereocenters. The summed E-state index contributed by atoms with van der Waals surface area (Å²) in [6, 6.07) is 8.18. The maximum atomic E-state index is 14.4. The zero-order valence-corrected chi connectivity index (χ0v) is 33.4. The molecule has 4 N–H and O–H groups in total. The Bertz CT molecular complexity index is 2080. The molecular weight excluding hydrogens is 782 g/mol. The topological polar surface area (TPSA) is 218 Å². The molecule has 6 rings (SSSR count). The van der Waals surface area contributed by atoms with Crippen molar-refractivity contribution in [2.75, 3.05) is 6.54 Å². The van der Waals surface area contributed by atoms with Gasteiger partial charge in [-0.05, 0) is 75.8 Å². The number of carboxylic acid groups (broad SMARTS) is 1. The molecule has 57 heavy (non-hydrogen) atoms. The van der Waals surface area contributed by atoms with E-state index in [1.54, 1.807) is 26.8 Å². The van der Waals surface area contributed by atoms with Crippen LogP contribution in [0.5, 0.6) is 0 Å². The van der Waals surface area contributed by atoms with Crippen molar-refractivity contribution in [3.8, 4) is 0 Å². The van der Waals surface area contributed by atoms with E-state index in [-0.39, 0.29) is 36.4 Å². The first-order valence-corrected chi connectivity index (χ1v) is 20.6. The predicted octanol–water partition coefficient (Wildman–Crippen LogP) is 4.25. The van der Waals surface area contributed by atoms with Gasteiger partial charge in [0.25, 0.3) is 15.9 Å². The average Bonchev–Trinajstić information content (AvgIpc) is 3.43. The fraction of sp³-hybridized carbons (Fsp3) is 0.487. The van der Waals surface area contributed by atoms with Crippen LogP contribution in [0.2, 0.25) is 5.02 Å². The number of carboxylic acids is 1. The highest BCUT2D eigenvalue weighted by Gasteiger charge is 2.62. The number of nitrogens with one attached hydrogen (secondary N) is 3. The number of amides is 5. The highest BCUT2D eigenvalue weighted by atomic mass is 35.5. The third-order valence-corrected chi connectivity index (χ3v) is 12.2. The number of hydrogen-bond acceptors (Lipinski definition) is 10. The molecule has 3 aliphatic heterocycles. The summed E-state index contributed by atoms with van der Waals surface area (Å²) in [4.78, 5) is 82.8. The third-order valence-electron chi connectivity index (χ3n) is 10.4. The van der Waals surface area contributed by atoms with E-state index >= 15 is 0 Å². The van der Waals surface area contributed by atoms with E-state index in [9.17, 15) is 42.3 Å². The number of hydrogen-bond donors (Lipinski definition) is 4. The zero-order valence-electron chi connectivity index (χ0n) is 31.8. The number of carbonyl (C=O) groups is 6. The van der Waals surface area contributed by atoms with Gasteiger partial charge in [0.2, 0.25) is 11.8 Å². The number of alkyl carbamates (subject to hydrolysis) is 1. The second-order valence-electron chi connectivity index (χ2n) is 15.8. The summed E-state index contributed by atoms with van der Waals surface area (Å²) in [6.45, 7) is 5.48. The summed E-state index contributed by atoms with van der Waals surface area (Å²) in [7, 11) is -4.75. The van der Waals surface area contributed by atoms with E-state index in [1.807, 2.05) is 35.1 Å². The number of halogens is 1. The fourth-order valence-corrected chi connectivity index (χ4v) is 8.97. The van der Waals surface area contributed by atoms with E-state index in [0.29, 0.717) is 38.8 Å². The molecule has 5 amide bonds.